The van der Waals surface area contributed by atoms with Gasteiger partial charge in [-0.05, 0) is 31.5 Å². The lowest BCUT2D eigenvalue weighted by molar-refractivity contribution is -0.143. The third kappa shape index (κ3) is 4.66. The average molecular weight is 294 g/mol. The molecule has 0 aliphatic carbocycles. The molecule has 1 rings (SSSR count). The SMILES string of the molecule is CCCN(CC(=O)OCC)C(=O)c1cc(N)ccc1OC. The number of nitrogens with zero attached hydrogens (tertiary/aromatic N) is 1. The van der Waals surface area contributed by atoms with Crippen LogP contribution in [-0.4, -0.2) is 43.6 Å². The molecule has 1 amide bonds. The number of esters is 1. The Bertz CT molecular complexity index is 502. The summed E-state index contributed by atoms with van der Waals surface area (Å²) in [4.78, 5) is 25.6. The average Bonchev–Trinajstić information content (AvgIpc) is 2.46. The van der Waals surface area contributed by atoms with Crippen molar-refractivity contribution in [2.75, 3.05) is 32.5 Å². The van der Waals surface area contributed by atoms with E-state index >= 15 is 0 Å². The number of hydrogen-bond donors (Lipinski definition) is 1. The van der Waals surface area contributed by atoms with Crippen molar-refractivity contribution in [3.63, 3.8) is 0 Å². The summed E-state index contributed by atoms with van der Waals surface area (Å²) in [6.07, 6.45) is 0.732. The first kappa shape index (κ1) is 16.8. The minimum absolute atomic E-state index is 0.0849. The van der Waals surface area contributed by atoms with Gasteiger partial charge in [-0.3, -0.25) is 9.59 Å². The first-order chi connectivity index (χ1) is 10.0. The molecule has 0 aromatic heterocycles. The molecule has 116 valence electrons. The Morgan fingerprint density at radius 1 is 1.29 bits per heavy atom. The summed E-state index contributed by atoms with van der Waals surface area (Å²) in [6.45, 7) is 4.31. The largest absolute Gasteiger partial charge is 0.496 e. The summed E-state index contributed by atoms with van der Waals surface area (Å²) in [5.41, 5.74) is 6.53. The Morgan fingerprint density at radius 3 is 2.57 bits per heavy atom. The molecule has 2 N–H and O–H groups in total. The maximum atomic E-state index is 12.6. The summed E-state index contributed by atoms with van der Waals surface area (Å²) in [6, 6.07) is 4.84. The second kappa shape index (κ2) is 8.14. The van der Waals surface area contributed by atoms with Crippen molar-refractivity contribution in [2.45, 2.75) is 20.3 Å². The van der Waals surface area contributed by atoms with Crippen molar-refractivity contribution in [3.8, 4) is 5.75 Å². The highest BCUT2D eigenvalue weighted by atomic mass is 16.5. The van der Waals surface area contributed by atoms with Crippen LogP contribution in [0, 0.1) is 0 Å². The Morgan fingerprint density at radius 2 is 2.00 bits per heavy atom. The number of rotatable bonds is 7. The fourth-order valence-electron chi connectivity index (χ4n) is 1.95. The van der Waals surface area contributed by atoms with Crippen LogP contribution in [0.15, 0.2) is 18.2 Å². The van der Waals surface area contributed by atoms with Gasteiger partial charge in [0.05, 0.1) is 19.3 Å². The smallest absolute Gasteiger partial charge is 0.325 e. The zero-order chi connectivity index (χ0) is 15.8. The van der Waals surface area contributed by atoms with Crippen LogP contribution in [0.4, 0.5) is 5.69 Å². The first-order valence-corrected chi connectivity index (χ1v) is 6.91. The van der Waals surface area contributed by atoms with Crippen molar-refractivity contribution < 1.29 is 19.1 Å². The van der Waals surface area contributed by atoms with E-state index in [0.717, 1.165) is 6.42 Å². The van der Waals surface area contributed by atoms with Gasteiger partial charge < -0.3 is 20.1 Å². The van der Waals surface area contributed by atoms with E-state index in [4.69, 9.17) is 15.2 Å². The molecule has 0 fully saturated rings. The summed E-state index contributed by atoms with van der Waals surface area (Å²) >= 11 is 0. The summed E-state index contributed by atoms with van der Waals surface area (Å²) in [5, 5.41) is 0. The number of amides is 1. The van der Waals surface area contributed by atoms with Crippen LogP contribution in [0.5, 0.6) is 5.75 Å². The predicted molar refractivity (Wildman–Crippen MR) is 80.2 cm³/mol. The minimum atomic E-state index is -0.429. The van der Waals surface area contributed by atoms with E-state index in [1.807, 2.05) is 6.92 Å². The maximum Gasteiger partial charge on any atom is 0.325 e. The molecule has 0 saturated carbocycles. The molecule has 1 aromatic carbocycles. The van der Waals surface area contributed by atoms with Gasteiger partial charge in [0.25, 0.3) is 5.91 Å². The number of nitrogen functional groups attached to an aromatic ring is 1. The number of carbonyl (C=O) groups excluding carboxylic acids is 2. The molecule has 0 aliphatic heterocycles. The van der Waals surface area contributed by atoms with E-state index in [1.54, 1.807) is 25.1 Å². The minimum Gasteiger partial charge on any atom is -0.496 e. The van der Waals surface area contributed by atoms with Gasteiger partial charge in [-0.15, -0.1) is 0 Å². The first-order valence-electron chi connectivity index (χ1n) is 6.91. The molecule has 0 atom stereocenters. The fraction of sp³-hybridized carbons (Fsp3) is 0.467. The van der Waals surface area contributed by atoms with E-state index in [1.165, 1.54) is 12.0 Å². The summed E-state index contributed by atoms with van der Waals surface area (Å²) in [7, 11) is 1.48. The van der Waals surface area contributed by atoms with Gasteiger partial charge >= 0.3 is 5.97 Å². The Balaban J connectivity index is 2.99. The highest BCUT2D eigenvalue weighted by Gasteiger charge is 2.22. The van der Waals surface area contributed by atoms with Crippen LogP contribution in [0.25, 0.3) is 0 Å². The van der Waals surface area contributed by atoms with E-state index in [0.29, 0.717) is 23.5 Å². The highest BCUT2D eigenvalue weighted by Crippen LogP contribution is 2.22. The molecule has 0 aliphatic rings. The molecule has 0 radical (unpaired) electrons. The van der Waals surface area contributed by atoms with Gasteiger partial charge in [0.15, 0.2) is 0 Å². The number of hydrogen-bond acceptors (Lipinski definition) is 5. The Hall–Kier alpha value is -2.24. The lowest BCUT2D eigenvalue weighted by Gasteiger charge is -2.22. The topological polar surface area (TPSA) is 81.9 Å². The molecule has 0 unspecified atom stereocenters. The number of benzene rings is 1. The van der Waals surface area contributed by atoms with Crippen molar-refractivity contribution in [3.05, 3.63) is 23.8 Å². The molecule has 1 aromatic rings. The Labute approximate surface area is 124 Å². The molecular weight excluding hydrogens is 272 g/mol. The maximum absolute atomic E-state index is 12.6. The Kier molecular flexibility index (Phi) is 6.52. The van der Waals surface area contributed by atoms with Crippen molar-refractivity contribution in [1.82, 2.24) is 4.90 Å². The lowest BCUT2D eigenvalue weighted by atomic mass is 10.1. The van der Waals surface area contributed by atoms with Crippen LogP contribution < -0.4 is 10.5 Å². The molecule has 21 heavy (non-hydrogen) atoms. The molecule has 6 heteroatoms. The molecule has 0 heterocycles. The quantitative estimate of drug-likeness (QED) is 0.611. The molecule has 0 bridgehead atoms. The zero-order valence-corrected chi connectivity index (χ0v) is 12.7. The van der Waals surface area contributed by atoms with Crippen molar-refractivity contribution >= 4 is 17.6 Å². The van der Waals surface area contributed by atoms with Gasteiger partial charge in [-0.2, -0.15) is 0 Å². The van der Waals surface area contributed by atoms with E-state index < -0.39 is 5.97 Å². The van der Waals surface area contributed by atoms with Crippen LogP contribution in [0.2, 0.25) is 0 Å². The van der Waals surface area contributed by atoms with Crippen molar-refractivity contribution in [2.24, 2.45) is 0 Å². The van der Waals surface area contributed by atoms with Gasteiger partial charge in [0.1, 0.15) is 12.3 Å². The third-order valence-electron chi connectivity index (χ3n) is 2.86. The van der Waals surface area contributed by atoms with Gasteiger partial charge in [0, 0.05) is 12.2 Å². The molecule has 0 saturated heterocycles. The van der Waals surface area contributed by atoms with E-state index in [9.17, 15) is 9.59 Å². The van der Waals surface area contributed by atoms with E-state index in [2.05, 4.69) is 0 Å². The number of methoxy groups -OCH3 is 1. The number of ether oxygens (including phenoxy) is 2. The summed E-state index contributed by atoms with van der Waals surface area (Å²) in [5.74, 6) is -0.296. The van der Waals surface area contributed by atoms with Gasteiger partial charge in [-0.25, -0.2) is 0 Å². The normalized spacial score (nSPS) is 10.0. The second-order valence-electron chi connectivity index (χ2n) is 4.49. The second-order valence-corrected chi connectivity index (χ2v) is 4.49. The van der Waals surface area contributed by atoms with Gasteiger partial charge in [-0.1, -0.05) is 6.92 Å². The highest BCUT2D eigenvalue weighted by molar-refractivity contribution is 5.99. The summed E-state index contributed by atoms with van der Waals surface area (Å²) < 4.78 is 10.1. The molecular formula is C15H22N2O4. The monoisotopic (exact) mass is 294 g/mol. The fourth-order valence-corrected chi connectivity index (χ4v) is 1.95. The van der Waals surface area contributed by atoms with Crippen LogP contribution in [0.3, 0.4) is 0 Å². The lowest BCUT2D eigenvalue weighted by Crippen LogP contribution is -2.37. The zero-order valence-electron chi connectivity index (χ0n) is 12.7. The van der Waals surface area contributed by atoms with E-state index in [-0.39, 0.29) is 19.1 Å². The number of carbonyl (C=O) groups is 2. The number of nitrogens with two attached hydrogens (primary N) is 1. The van der Waals surface area contributed by atoms with Crippen LogP contribution >= 0.6 is 0 Å². The van der Waals surface area contributed by atoms with Gasteiger partial charge in [0.2, 0.25) is 0 Å². The third-order valence-corrected chi connectivity index (χ3v) is 2.86. The standard InChI is InChI=1S/C15H22N2O4/c1-4-8-17(10-14(18)21-5-2)15(19)12-9-11(16)6-7-13(12)20-3/h6-7,9H,4-5,8,10,16H2,1-3H3. The number of anilines is 1. The van der Waals surface area contributed by atoms with Crippen LogP contribution in [0.1, 0.15) is 30.6 Å². The molecule has 6 nitrogen and oxygen atoms in total. The predicted octanol–water partition coefficient (Wildman–Crippen LogP) is 1.69. The van der Waals surface area contributed by atoms with Crippen LogP contribution in [-0.2, 0) is 9.53 Å². The molecule has 0 spiro atoms. The van der Waals surface area contributed by atoms with Crippen molar-refractivity contribution in [1.29, 1.82) is 0 Å².